The summed E-state index contributed by atoms with van der Waals surface area (Å²) in [4.78, 5) is 32.1. The minimum atomic E-state index is -0.699. The van der Waals surface area contributed by atoms with E-state index in [2.05, 4.69) is 6.07 Å². The number of hydroxylamine groups is 2. The molecule has 2 heterocycles. The second-order valence-corrected chi connectivity index (χ2v) is 7.98. The second-order valence-electron chi connectivity index (χ2n) is 7.57. The number of rotatable bonds is 3. The lowest BCUT2D eigenvalue weighted by atomic mass is 9.95. The van der Waals surface area contributed by atoms with Gasteiger partial charge in [-0.3, -0.25) is 19.3 Å². The molecule has 1 unspecified atom stereocenters. The predicted molar refractivity (Wildman–Crippen MR) is 103 cm³/mol. The van der Waals surface area contributed by atoms with Crippen molar-refractivity contribution in [2.45, 2.75) is 26.4 Å². The summed E-state index contributed by atoms with van der Waals surface area (Å²) in [6.07, 6.45) is 0. The van der Waals surface area contributed by atoms with Crippen LogP contribution in [-0.4, -0.2) is 23.5 Å². The van der Waals surface area contributed by atoms with E-state index in [0.717, 1.165) is 0 Å². The maximum atomic E-state index is 12.8. The molecule has 1 saturated heterocycles. The number of hydrogen-bond donors (Lipinski definition) is 0. The highest BCUT2D eigenvalue weighted by Gasteiger charge is 2.41. The predicted octanol–water partition coefficient (Wildman–Crippen LogP) is 3.87. The van der Waals surface area contributed by atoms with Crippen molar-refractivity contribution in [1.82, 2.24) is 5.06 Å². The van der Waals surface area contributed by atoms with Crippen LogP contribution in [0.1, 0.15) is 41.4 Å². The average molecular weight is 396 g/mol. The van der Waals surface area contributed by atoms with Gasteiger partial charge in [-0.25, -0.2) is 5.06 Å². The van der Waals surface area contributed by atoms with E-state index >= 15 is 0 Å². The molecule has 2 aliphatic heterocycles. The summed E-state index contributed by atoms with van der Waals surface area (Å²) in [5.41, 5.74) is 1.89. The summed E-state index contributed by atoms with van der Waals surface area (Å²) >= 11 is 6.44. The van der Waals surface area contributed by atoms with Crippen LogP contribution in [0.2, 0.25) is 5.02 Å². The van der Waals surface area contributed by atoms with E-state index in [1.807, 2.05) is 19.9 Å². The Balaban J connectivity index is 1.62. The molecule has 7 heteroatoms. The number of benzene rings is 2. The van der Waals surface area contributed by atoms with Gasteiger partial charge in [0, 0.05) is 21.8 Å². The maximum absolute atomic E-state index is 12.8. The molecule has 2 aromatic carbocycles. The molecular weight excluding hydrogens is 378 g/mol. The highest BCUT2D eigenvalue weighted by molar-refractivity contribution is 6.31. The average Bonchev–Trinajstić information content (AvgIpc) is 3.11. The lowest BCUT2D eigenvalue weighted by Crippen LogP contribution is -2.30. The number of halogens is 1. The molecule has 142 valence electrons. The molecule has 6 nitrogen and oxygen atoms in total. The van der Waals surface area contributed by atoms with Crippen molar-refractivity contribution in [3.05, 3.63) is 64.2 Å². The Hall–Kier alpha value is -2.88. The summed E-state index contributed by atoms with van der Waals surface area (Å²) in [6, 6.07) is 13.7. The molecule has 0 radical (unpaired) electrons. The highest BCUT2D eigenvalue weighted by atomic mass is 35.5. The number of carbonyl (C=O) groups is 2. The van der Waals surface area contributed by atoms with Gasteiger partial charge in [0.05, 0.1) is 24.6 Å². The highest BCUT2D eigenvalue weighted by Crippen LogP contribution is 2.38. The fourth-order valence-corrected chi connectivity index (χ4v) is 3.73. The molecule has 0 N–H and O–H groups in total. The van der Waals surface area contributed by atoms with Gasteiger partial charge in [0.25, 0.3) is 11.8 Å². The number of nitriles is 1. The summed E-state index contributed by atoms with van der Waals surface area (Å²) in [5.74, 6) is -0.326. The third kappa shape index (κ3) is 2.84. The van der Waals surface area contributed by atoms with Crippen molar-refractivity contribution < 1.29 is 14.4 Å². The monoisotopic (exact) mass is 395 g/mol. The third-order valence-electron chi connectivity index (χ3n) is 5.10. The molecular formula is C21H18ClN3O3. The van der Waals surface area contributed by atoms with Gasteiger partial charge in [-0.15, -0.1) is 0 Å². The Morgan fingerprint density at radius 3 is 2.64 bits per heavy atom. The lowest BCUT2D eigenvalue weighted by Gasteiger charge is -2.22. The molecule has 2 aromatic rings. The third-order valence-corrected chi connectivity index (χ3v) is 5.45. The van der Waals surface area contributed by atoms with E-state index in [9.17, 15) is 14.9 Å². The minimum Gasteiger partial charge on any atom is -0.288 e. The van der Waals surface area contributed by atoms with Gasteiger partial charge in [0.15, 0.2) is 6.04 Å². The smallest absolute Gasteiger partial charge is 0.260 e. The van der Waals surface area contributed by atoms with Gasteiger partial charge in [-0.2, -0.15) is 5.26 Å². The zero-order chi connectivity index (χ0) is 20.1. The first-order valence-electron chi connectivity index (χ1n) is 8.89. The van der Waals surface area contributed by atoms with Gasteiger partial charge in [0.2, 0.25) is 0 Å². The molecule has 2 aliphatic rings. The van der Waals surface area contributed by atoms with Crippen LogP contribution in [0.25, 0.3) is 0 Å². The van der Waals surface area contributed by atoms with Crippen LogP contribution in [0, 0.1) is 16.7 Å². The fourth-order valence-electron chi connectivity index (χ4n) is 3.49. The van der Waals surface area contributed by atoms with E-state index in [4.69, 9.17) is 16.4 Å². The molecule has 2 amide bonds. The van der Waals surface area contributed by atoms with Gasteiger partial charge >= 0.3 is 0 Å². The lowest BCUT2D eigenvalue weighted by molar-refractivity contribution is -0.165. The number of hydrogen-bond acceptors (Lipinski definition) is 4. The van der Waals surface area contributed by atoms with Crippen molar-refractivity contribution in [1.29, 1.82) is 5.26 Å². The van der Waals surface area contributed by atoms with E-state index in [0.29, 0.717) is 34.0 Å². The van der Waals surface area contributed by atoms with Crippen LogP contribution >= 0.6 is 11.6 Å². The Bertz CT molecular complexity index is 1030. The van der Waals surface area contributed by atoms with Crippen LogP contribution in [0.15, 0.2) is 42.5 Å². The Morgan fingerprint density at radius 2 is 2.00 bits per heavy atom. The van der Waals surface area contributed by atoms with Crippen LogP contribution in [0.3, 0.4) is 0 Å². The Kier molecular flexibility index (Phi) is 4.37. The zero-order valence-corrected chi connectivity index (χ0v) is 16.2. The van der Waals surface area contributed by atoms with Crippen molar-refractivity contribution in [2.75, 3.05) is 11.5 Å². The molecule has 28 heavy (non-hydrogen) atoms. The van der Waals surface area contributed by atoms with E-state index in [1.165, 1.54) is 9.96 Å². The van der Waals surface area contributed by atoms with Crippen molar-refractivity contribution in [3.8, 4) is 6.07 Å². The molecule has 4 rings (SSSR count). The fraction of sp³-hybridized carbons (Fsp3) is 0.286. The van der Waals surface area contributed by atoms with Crippen molar-refractivity contribution >= 4 is 29.1 Å². The van der Waals surface area contributed by atoms with Crippen LogP contribution < -0.4 is 4.90 Å². The number of carbonyl (C=O) groups excluding carboxylic acids is 2. The van der Waals surface area contributed by atoms with Crippen molar-refractivity contribution in [2.24, 2.45) is 5.41 Å². The van der Waals surface area contributed by atoms with E-state index in [-0.39, 0.29) is 18.4 Å². The van der Waals surface area contributed by atoms with Crippen LogP contribution in [0.4, 0.5) is 5.69 Å². The Labute approximate surface area is 167 Å². The molecule has 1 fully saturated rings. The molecule has 0 spiro atoms. The first-order valence-corrected chi connectivity index (χ1v) is 9.27. The summed E-state index contributed by atoms with van der Waals surface area (Å²) in [6.45, 7) is 4.21. The van der Waals surface area contributed by atoms with Crippen molar-refractivity contribution in [3.63, 3.8) is 0 Å². The van der Waals surface area contributed by atoms with Gasteiger partial charge < -0.3 is 0 Å². The van der Waals surface area contributed by atoms with Crippen LogP contribution in [0.5, 0.6) is 0 Å². The first kappa shape index (κ1) is 18.5. The molecule has 1 atom stereocenters. The summed E-state index contributed by atoms with van der Waals surface area (Å²) in [7, 11) is 0. The van der Waals surface area contributed by atoms with Gasteiger partial charge in [0.1, 0.15) is 0 Å². The normalized spacial score (nSPS) is 20.4. The number of anilines is 1. The summed E-state index contributed by atoms with van der Waals surface area (Å²) < 4.78 is 0. The molecule has 0 bridgehead atoms. The number of nitrogens with zero attached hydrogens (tertiary/aromatic N) is 3. The Morgan fingerprint density at radius 1 is 1.25 bits per heavy atom. The van der Waals surface area contributed by atoms with Gasteiger partial charge in [-0.05, 0) is 37.6 Å². The van der Waals surface area contributed by atoms with E-state index in [1.54, 1.807) is 36.4 Å². The standard InChI is InChI=1S/C21H18ClN3O3/c1-21(2)12-28-24(20(21)27)11-13-7-8-14(9-17(13)22)25-18(10-23)15-5-3-4-6-16(15)19(25)26/h3-9,18H,11-12H2,1-2H3. The molecule has 0 aliphatic carbocycles. The largest absolute Gasteiger partial charge is 0.288 e. The molecule has 0 saturated carbocycles. The van der Waals surface area contributed by atoms with Gasteiger partial charge in [-0.1, -0.05) is 35.9 Å². The minimum absolute atomic E-state index is 0.0950. The van der Waals surface area contributed by atoms with Crippen LogP contribution in [-0.2, 0) is 16.2 Å². The first-order chi connectivity index (χ1) is 13.3. The number of fused-ring (bicyclic) bond motifs is 1. The maximum Gasteiger partial charge on any atom is 0.260 e. The van der Waals surface area contributed by atoms with E-state index < -0.39 is 11.5 Å². The topological polar surface area (TPSA) is 73.6 Å². The zero-order valence-electron chi connectivity index (χ0n) is 15.5. The second kappa shape index (κ2) is 6.62. The SMILES string of the molecule is CC1(C)CON(Cc2ccc(N3C(=O)c4ccccc4C3C#N)cc2Cl)C1=O. The summed E-state index contributed by atoms with van der Waals surface area (Å²) in [5, 5.41) is 11.3. The quantitative estimate of drug-likeness (QED) is 0.790. The number of amides is 2. The molecule has 0 aromatic heterocycles.